The molecule has 0 radical (unpaired) electrons. The van der Waals surface area contributed by atoms with Crippen molar-refractivity contribution >= 4 is 33.0 Å². The number of carbonyl (C=O) groups is 1. The molecular formula is C21H24N4O4S2. The van der Waals surface area contributed by atoms with Crippen LogP contribution in [0.2, 0.25) is 0 Å². The maximum absolute atomic E-state index is 12.6. The van der Waals surface area contributed by atoms with Crippen LogP contribution in [0.4, 0.5) is 5.69 Å². The summed E-state index contributed by atoms with van der Waals surface area (Å²) in [5.41, 5.74) is 1.55. The Morgan fingerprint density at radius 3 is 2.58 bits per heavy atom. The molecule has 1 atom stereocenters. The van der Waals surface area contributed by atoms with Gasteiger partial charge in [0.15, 0.2) is 0 Å². The zero-order valence-corrected chi connectivity index (χ0v) is 19.1. The van der Waals surface area contributed by atoms with Crippen molar-refractivity contribution in [2.75, 3.05) is 5.32 Å². The molecule has 0 bridgehead atoms. The van der Waals surface area contributed by atoms with Crippen LogP contribution in [0.3, 0.4) is 0 Å². The Morgan fingerprint density at radius 1 is 1.23 bits per heavy atom. The average molecular weight is 461 g/mol. The number of aromatic nitrogens is 2. The predicted octanol–water partition coefficient (Wildman–Crippen LogP) is 3.99. The van der Waals surface area contributed by atoms with Gasteiger partial charge in [-0.3, -0.25) is 4.79 Å². The van der Waals surface area contributed by atoms with Gasteiger partial charge in [-0.25, -0.2) is 8.42 Å². The van der Waals surface area contributed by atoms with E-state index in [0.29, 0.717) is 23.3 Å². The monoisotopic (exact) mass is 460 g/mol. The molecule has 0 saturated heterocycles. The standard InChI is InChI=1S/C21H24N4O4S2/c1-12-7-9-16(10-8-12)31(27,28)25-13(2)20(26)22-17-11-18(30-14(17)3)19-23-21(29-24-19)15-5-4-6-15/h7-11,13,15,25H,4-6H2,1-3H3,(H,22,26). The first-order valence-corrected chi connectivity index (χ1v) is 12.4. The highest BCUT2D eigenvalue weighted by Crippen LogP contribution is 2.38. The van der Waals surface area contributed by atoms with Gasteiger partial charge >= 0.3 is 0 Å². The first kappa shape index (κ1) is 21.7. The van der Waals surface area contributed by atoms with Gasteiger partial charge in [-0.15, -0.1) is 11.3 Å². The Morgan fingerprint density at radius 2 is 1.94 bits per heavy atom. The molecule has 3 aromatic rings. The maximum Gasteiger partial charge on any atom is 0.242 e. The number of hydrogen-bond acceptors (Lipinski definition) is 7. The number of carbonyl (C=O) groups excluding carboxylic acids is 1. The number of anilines is 1. The van der Waals surface area contributed by atoms with Crippen LogP contribution in [0.15, 0.2) is 39.8 Å². The van der Waals surface area contributed by atoms with Crippen molar-refractivity contribution in [1.82, 2.24) is 14.9 Å². The molecule has 10 heteroatoms. The van der Waals surface area contributed by atoms with Crippen molar-refractivity contribution in [2.24, 2.45) is 0 Å². The van der Waals surface area contributed by atoms with Crippen molar-refractivity contribution in [2.45, 2.75) is 56.9 Å². The third kappa shape index (κ3) is 4.70. The van der Waals surface area contributed by atoms with Crippen LogP contribution < -0.4 is 10.0 Å². The number of nitrogens with one attached hydrogen (secondary N) is 2. The van der Waals surface area contributed by atoms with E-state index < -0.39 is 22.0 Å². The zero-order valence-electron chi connectivity index (χ0n) is 17.5. The summed E-state index contributed by atoms with van der Waals surface area (Å²) in [6.07, 6.45) is 3.33. The van der Waals surface area contributed by atoms with E-state index in [9.17, 15) is 13.2 Å². The first-order chi connectivity index (χ1) is 14.7. The minimum Gasteiger partial charge on any atom is -0.339 e. The molecule has 2 N–H and O–H groups in total. The average Bonchev–Trinajstić information content (AvgIpc) is 3.28. The van der Waals surface area contributed by atoms with Gasteiger partial charge < -0.3 is 9.84 Å². The van der Waals surface area contributed by atoms with E-state index in [2.05, 4.69) is 20.2 Å². The van der Waals surface area contributed by atoms with Gasteiger partial charge in [0.05, 0.1) is 21.5 Å². The summed E-state index contributed by atoms with van der Waals surface area (Å²) >= 11 is 1.44. The van der Waals surface area contributed by atoms with Crippen LogP contribution in [-0.4, -0.2) is 30.5 Å². The number of amides is 1. The lowest BCUT2D eigenvalue weighted by molar-refractivity contribution is -0.117. The first-order valence-electron chi connectivity index (χ1n) is 10.1. The zero-order chi connectivity index (χ0) is 22.2. The topological polar surface area (TPSA) is 114 Å². The summed E-state index contributed by atoms with van der Waals surface area (Å²) in [7, 11) is -3.80. The molecule has 8 nitrogen and oxygen atoms in total. The third-order valence-electron chi connectivity index (χ3n) is 5.35. The Labute approximate surface area is 185 Å². The quantitative estimate of drug-likeness (QED) is 0.551. The summed E-state index contributed by atoms with van der Waals surface area (Å²) in [6, 6.07) is 7.28. The van der Waals surface area contributed by atoms with Crippen molar-refractivity contribution in [3.8, 4) is 10.7 Å². The number of sulfonamides is 1. The summed E-state index contributed by atoms with van der Waals surface area (Å²) in [5, 5.41) is 6.86. The molecule has 2 aromatic heterocycles. The Bertz CT molecular complexity index is 1190. The van der Waals surface area contributed by atoms with Gasteiger partial charge in [0, 0.05) is 10.8 Å². The number of thiophene rings is 1. The predicted molar refractivity (Wildman–Crippen MR) is 119 cm³/mol. The summed E-state index contributed by atoms with van der Waals surface area (Å²) in [6.45, 7) is 5.26. The molecule has 0 aliphatic heterocycles. The Hall–Kier alpha value is -2.56. The molecule has 1 saturated carbocycles. The third-order valence-corrected chi connectivity index (χ3v) is 7.95. The van der Waals surface area contributed by atoms with Gasteiger partial charge in [-0.1, -0.05) is 29.3 Å². The van der Waals surface area contributed by atoms with Crippen molar-refractivity contribution in [1.29, 1.82) is 0 Å². The molecule has 2 heterocycles. The Balaban J connectivity index is 1.43. The molecular weight excluding hydrogens is 436 g/mol. The number of hydrogen-bond donors (Lipinski definition) is 2. The molecule has 4 rings (SSSR count). The second-order valence-corrected chi connectivity index (χ2v) is 10.8. The fraction of sp³-hybridized carbons (Fsp3) is 0.381. The molecule has 164 valence electrons. The molecule has 1 aliphatic carbocycles. The van der Waals surface area contributed by atoms with Crippen molar-refractivity contribution < 1.29 is 17.7 Å². The van der Waals surface area contributed by atoms with Crippen molar-refractivity contribution in [3.63, 3.8) is 0 Å². The number of nitrogens with zero attached hydrogens (tertiary/aromatic N) is 2. The van der Waals surface area contributed by atoms with E-state index >= 15 is 0 Å². The Kier molecular flexibility index (Phi) is 5.96. The minimum absolute atomic E-state index is 0.117. The maximum atomic E-state index is 12.6. The molecule has 1 unspecified atom stereocenters. The highest BCUT2D eigenvalue weighted by molar-refractivity contribution is 7.89. The lowest BCUT2D eigenvalue weighted by Crippen LogP contribution is -2.41. The van der Waals surface area contributed by atoms with E-state index in [4.69, 9.17) is 4.52 Å². The van der Waals surface area contributed by atoms with E-state index in [1.54, 1.807) is 18.2 Å². The van der Waals surface area contributed by atoms with Crippen LogP contribution in [-0.2, 0) is 14.8 Å². The highest BCUT2D eigenvalue weighted by atomic mass is 32.2. The van der Waals surface area contributed by atoms with E-state index in [1.807, 2.05) is 13.8 Å². The SMILES string of the molecule is Cc1ccc(S(=O)(=O)NC(C)C(=O)Nc2cc(-c3noc(C4CCC4)n3)sc2C)cc1. The molecule has 1 fully saturated rings. The molecule has 31 heavy (non-hydrogen) atoms. The molecule has 0 spiro atoms. The summed E-state index contributed by atoms with van der Waals surface area (Å²) in [5.74, 6) is 1.07. The largest absolute Gasteiger partial charge is 0.339 e. The van der Waals surface area contributed by atoms with Crippen molar-refractivity contribution in [3.05, 3.63) is 46.7 Å². The van der Waals surface area contributed by atoms with Gasteiger partial charge in [-0.2, -0.15) is 9.71 Å². The molecule has 1 aromatic carbocycles. The van der Waals surface area contributed by atoms with Gasteiger partial charge in [-0.05, 0) is 51.8 Å². The highest BCUT2D eigenvalue weighted by Gasteiger charge is 2.27. The fourth-order valence-corrected chi connectivity index (χ4v) is 5.29. The van der Waals surface area contributed by atoms with E-state index in [0.717, 1.165) is 28.2 Å². The number of benzene rings is 1. The lowest BCUT2D eigenvalue weighted by Gasteiger charge is -2.20. The normalized spacial score (nSPS) is 15.5. The van der Waals surface area contributed by atoms with E-state index in [1.165, 1.54) is 36.8 Å². The fourth-order valence-electron chi connectivity index (χ4n) is 3.19. The second-order valence-electron chi connectivity index (χ2n) is 7.81. The van der Waals surface area contributed by atoms with E-state index in [-0.39, 0.29) is 4.90 Å². The van der Waals surface area contributed by atoms with Crippen LogP contribution in [0.1, 0.15) is 48.4 Å². The van der Waals surface area contributed by atoms with Gasteiger partial charge in [0.1, 0.15) is 0 Å². The van der Waals surface area contributed by atoms with Crippen LogP contribution in [0.5, 0.6) is 0 Å². The molecule has 1 amide bonds. The molecule has 1 aliphatic rings. The second kappa shape index (κ2) is 8.52. The summed E-state index contributed by atoms with van der Waals surface area (Å²) < 4.78 is 32.9. The minimum atomic E-state index is -3.80. The lowest BCUT2D eigenvalue weighted by atomic mass is 9.85. The number of rotatable bonds is 7. The van der Waals surface area contributed by atoms with Gasteiger partial charge in [0.25, 0.3) is 0 Å². The van der Waals surface area contributed by atoms with Crippen LogP contribution in [0.25, 0.3) is 10.7 Å². The van der Waals surface area contributed by atoms with Crippen LogP contribution in [0, 0.1) is 13.8 Å². The summed E-state index contributed by atoms with van der Waals surface area (Å²) in [4.78, 5) is 18.9. The van der Waals surface area contributed by atoms with Gasteiger partial charge in [0.2, 0.25) is 27.6 Å². The number of aryl methyl sites for hydroxylation is 2. The van der Waals surface area contributed by atoms with Crippen LogP contribution >= 0.6 is 11.3 Å². The smallest absolute Gasteiger partial charge is 0.242 e.